The van der Waals surface area contributed by atoms with Crippen molar-refractivity contribution in [2.75, 3.05) is 13.2 Å². The molecule has 1 aliphatic heterocycles. The number of benzene rings is 1. The number of ether oxygens (including phenoxy) is 2. The molecule has 1 aliphatic rings. The van der Waals surface area contributed by atoms with E-state index in [2.05, 4.69) is 4.98 Å². The van der Waals surface area contributed by atoms with E-state index in [1.165, 1.54) is 6.07 Å². The lowest BCUT2D eigenvalue weighted by atomic mass is 10.1. The smallest absolute Gasteiger partial charge is 0.336 e. The summed E-state index contributed by atoms with van der Waals surface area (Å²) >= 11 is 5.80. The molecular formula is C12H8ClNO4. The first kappa shape index (κ1) is 11.1. The van der Waals surface area contributed by atoms with E-state index in [-0.39, 0.29) is 10.7 Å². The van der Waals surface area contributed by atoms with Crippen molar-refractivity contribution in [1.82, 2.24) is 4.98 Å². The number of pyridine rings is 1. The van der Waals surface area contributed by atoms with Crippen molar-refractivity contribution in [3.63, 3.8) is 0 Å². The Bertz CT molecular complexity index is 656. The lowest BCUT2D eigenvalue weighted by molar-refractivity contribution is 0.0699. The zero-order chi connectivity index (χ0) is 12.7. The van der Waals surface area contributed by atoms with Crippen molar-refractivity contribution in [1.29, 1.82) is 0 Å². The van der Waals surface area contributed by atoms with Crippen LogP contribution in [0.2, 0.25) is 5.15 Å². The molecule has 0 radical (unpaired) electrons. The number of halogens is 1. The molecule has 0 saturated carbocycles. The first-order valence-electron chi connectivity index (χ1n) is 5.28. The highest BCUT2D eigenvalue weighted by Gasteiger charge is 2.17. The zero-order valence-electron chi connectivity index (χ0n) is 9.14. The van der Waals surface area contributed by atoms with Gasteiger partial charge in [0.05, 0.1) is 11.1 Å². The van der Waals surface area contributed by atoms with Gasteiger partial charge in [0, 0.05) is 11.5 Å². The van der Waals surface area contributed by atoms with Gasteiger partial charge in [0.2, 0.25) is 0 Å². The largest absolute Gasteiger partial charge is 0.486 e. The number of carboxylic acids is 1. The second kappa shape index (κ2) is 4.03. The topological polar surface area (TPSA) is 68.7 Å². The van der Waals surface area contributed by atoms with E-state index in [1.807, 2.05) is 0 Å². The number of fused-ring (bicyclic) bond motifs is 2. The van der Waals surface area contributed by atoms with Crippen LogP contribution in [0.15, 0.2) is 18.2 Å². The van der Waals surface area contributed by atoms with E-state index in [4.69, 9.17) is 26.2 Å². The van der Waals surface area contributed by atoms with Gasteiger partial charge in [-0.1, -0.05) is 11.6 Å². The number of aromatic carboxylic acids is 1. The summed E-state index contributed by atoms with van der Waals surface area (Å²) in [4.78, 5) is 15.3. The Morgan fingerprint density at radius 3 is 2.56 bits per heavy atom. The summed E-state index contributed by atoms with van der Waals surface area (Å²) in [6.45, 7) is 0.910. The first-order chi connectivity index (χ1) is 8.65. The molecule has 1 N–H and O–H groups in total. The van der Waals surface area contributed by atoms with Gasteiger partial charge in [-0.3, -0.25) is 0 Å². The van der Waals surface area contributed by atoms with Crippen LogP contribution in [0, 0.1) is 0 Å². The molecule has 0 amide bonds. The molecule has 92 valence electrons. The summed E-state index contributed by atoms with van der Waals surface area (Å²) in [6.07, 6.45) is 0. The van der Waals surface area contributed by atoms with Crippen molar-refractivity contribution >= 4 is 28.5 Å². The highest BCUT2D eigenvalue weighted by atomic mass is 35.5. The quantitative estimate of drug-likeness (QED) is 0.802. The summed E-state index contributed by atoms with van der Waals surface area (Å²) in [7, 11) is 0. The average Bonchev–Trinajstić information content (AvgIpc) is 2.35. The van der Waals surface area contributed by atoms with Gasteiger partial charge in [-0.2, -0.15) is 0 Å². The molecular weight excluding hydrogens is 258 g/mol. The van der Waals surface area contributed by atoms with Crippen LogP contribution in [0.4, 0.5) is 0 Å². The number of hydrogen-bond acceptors (Lipinski definition) is 4. The van der Waals surface area contributed by atoms with Crippen LogP contribution in [0.25, 0.3) is 10.9 Å². The van der Waals surface area contributed by atoms with E-state index < -0.39 is 5.97 Å². The second-order valence-corrected chi connectivity index (χ2v) is 4.20. The van der Waals surface area contributed by atoms with Gasteiger partial charge in [-0.15, -0.1) is 0 Å². The minimum atomic E-state index is -1.05. The van der Waals surface area contributed by atoms with E-state index in [1.54, 1.807) is 12.1 Å². The van der Waals surface area contributed by atoms with E-state index in [0.717, 1.165) is 0 Å². The summed E-state index contributed by atoms with van der Waals surface area (Å²) < 4.78 is 10.8. The maximum Gasteiger partial charge on any atom is 0.336 e. The molecule has 0 fully saturated rings. The van der Waals surface area contributed by atoms with Gasteiger partial charge >= 0.3 is 5.97 Å². The molecule has 1 aromatic heterocycles. The van der Waals surface area contributed by atoms with Crippen LogP contribution in [0.5, 0.6) is 11.5 Å². The van der Waals surface area contributed by atoms with Crippen molar-refractivity contribution in [3.05, 3.63) is 28.9 Å². The molecule has 18 heavy (non-hydrogen) atoms. The van der Waals surface area contributed by atoms with Crippen LogP contribution in [-0.2, 0) is 0 Å². The van der Waals surface area contributed by atoms with Gasteiger partial charge < -0.3 is 14.6 Å². The number of carboxylic acid groups (broad SMARTS) is 1. The molecule has 5 nitrogen and oxygen atoms in total. The normalized spacial score (nSPS) is 13.6. The van der Waals surface area contributed by atoms with Gasteiger partial charge in [-0.25, -0.2) is 9.78 Å². The van der Waals surface area contributed by atoms with Crippen LogP contribution < -0.4 is 9.47 Å². The highest BCUT2D eigenvalue weighted by Crippen LogP contribution is 2.35. The fourth-order valence-electron chi connectivity index (χ4n) is 1.91. The fraction of sp³-hybridized carbons (Fsp3) is 0.167. The number of hydrogen-bond donors (Lipinski definition) is 1. The predicted octanol–water partition coefficient (Wildman–Crippen LogP) is 2.36. The molecule has 3 rings (SSSR count). The number of nitrogens with zero attached hydrogens (tertiary/aromatic N) is 1. The van der Waals surface area contributed by atoms with Crippen LogP contribution in [0.3, 0.4) is 0 Å². The van der Waals surface area contributed by atoms with Crippen LogP contribution in [-0.4, -0.2) is 29.3 Å². The first-order valence-corrected chi connectivity index (χ1v) is 5.66. The predicted molar refractivity (Wildman–Crippen MR) is 64.7 cm³/mol. The lowest BCUT2D eigenvalue weighted by Gasteiger charge is -2.19. The molecule has 0 saturated heterocycles. The number of rotatable bonds is 1. The summed E-state index contributed by atoms with van der Waals surface area (Å²) in [6, 6.07) is 4.58. The summed E-state index contributed by atoms with van der Waals surface area (Å²) in [5.41, 5.74) is 0.575. The molecule has 2 aromatic rings. The van der Waals surface area contributed by atoms with Crippen molar-refractivity contribution < 1.29 is 19.4 Å². The van der Waals surface area contributed by atoms with E-state index in [9.17, 15) is 4.79 Å². The highest BCUT2D eigenvalue weighted by molar-refractivity contribution is 6.30. The van der Waals surface area contributed by atoms with E-state index in [0.29, 0.717) is 35.6 Å². The minimum absolute atomic E-state index is 0.0990. The van der Waals surface area contributed by atoms with Crippen molar-refractivity contribution in [3.8, 4) is 11.5 Å². The Hall–Kier alpha value is -2.01. The Labute approximate surface area is 107 Å². The molecule has 1 aromatic carbocycles. The SMILES string of the molecule is O=C(O)c1cc(Cl)nc2cc3c(cc12)OCCO3. The standard InChI is InChI=1S/C12H8ClNO4/c13-11-4-7(12(15)16)6-3-9-10(5-8(6)14-11)18-2-1-17-9/h3-5H,1-2H2,(H,15,16). The molecule has 0 atom stereocenters. The van der Waals surface area contributed by atoms with Gasteiger partial charge in [0.1, 0.15) is 18.4 Å². The van der Waals surface area contributed by atoms with E-state index >= 15 is 0 Å². The number of carbonyl (C=O) groups is 1. The molecule has 6 heteroatoms. The molecule has 0 aliphatic carbocycles. The molecule has 0 spiro atoms. The summed E-state index contributed by atoms with van der Waals surface area (Å²) in [5.74, 6) is 0.0289. The van der Waals surface area contributed by atoms with Gasteiger partial charge in [0.15, 0.2) is 11.5 Å². The van der Waals surface area contributed by atoms with Gasteiger partial charge in [-0.05, 0) is 12.1 Å². The summed E-state index contributed by atoms with van der Waals surface area (Å²) in [5, 5.41) is 9.77. The maximum atomic E-state index is 11.2. The van der Waals surface area contributed by atoms with Crippen molar-refractivity contribution in [2.45, 2.75) is 0 Å². The number of aromatic nitrogens is 1. The fourth-order valence-corrected chi connectivity index (χ4v) is 2.11. The zero-order valence-corrected chi connectivity index (χ0v) is 9.90. The van der Waals surface area contributed by atoms with Gasteiger partial charge in [0.25, 0.3) is 0 Å². The molecule has 0 bridgehead atoms. The Balaban J connectivity index is 2.33. The van der Waals surface area contributed by atoms with Crippen LogP contribution >= 0.6 is 11.6 Å². The van der Waals surface area contributed by atoms with Crippen LogP contribution in [0.1, 0.15) is 10.4 Å². The lowest BCUT2D eigenvalue weighted by Crippen LogP contribution is -2.15. The molecule has 0 unspecified atom stereocenters. The maximum absolute atomic E-state index is 11.2. The Morgan fingerprint density at radius 2 is 1.89 bits per heavy atom. The third-order valence-corrected chi connectivity index (χ3v) is 2.87. The third-order valence-electron chi connectivity index (χ3n) is 2.67. The Morgan fingerprint density at radius 1 is 1.22 bits per heavy atom. The molecule has 2 heterocycles. The Kier molecular flexibility index (Phi) is 2.48. The average molecular weight is 266 g/mol. The monoisotopic (exact) mass is 265 g/mol. The van der Waals surface area contributed by atoms with Crippen molar-refractivity contribution in [2.24, 2.45) is 0 Å². The second-order valence-electron chi connectivity index (χ2n) is 3.81. The minimum Gasteiger partial charge on any atom is -0.486 e. The third kappa shape index (κ3) is 1.73.